The SMILES string of the molecule is CC.Cc1ccc(Nc2c(C(=O)N3CC(O)(CNC4(C(=O)O)CCCC4)C3)ccc(F)c2F)c(F)c1. The van der Waals surface area contributed by atoms with Gasteiger partial charge in [0, 0.05) is 6.54 Å². The number of anilines is 2. The largest absolute Gasteiger partial charge is 0.480 e. The Labute approximate surface area is 208 Å². The molecule has 1 aliphatic heterocycles. The van der Waals surface area contributed by atoms with Gasteiger partial charge in [-0.05, 0) is 49.6 Å². The minimum absolute atomic E-state index is 0.0272. The quantitative estimate of drug-likeness (QED) is 0.444. The number of aliphatic carboxylic acids is 1. The fraction of sp³-hybridized carbons (Fsp3) is 0.462. The molecular formula is C26H32F3N3O4. The smallest absolute Gasteiger partial charge is 0.323 e. The standard InChI is InChI=1S/C24H26F3N3O4.C2H6/c1-14-4-7-18(17(26)10-14)29-20-15(5-6-16(25)19(20)27)21(31)30-12-23(34,13-30)11-28-24(22(32)33)8-2-3-9-24;1-2/h4-7,10,28-29,34H,2-3,8-9,11-13H2,1H3,(H,32,33);1-2H3. The molecule has 0 atom stereocenters. The van der Waals surface area contributed by atoms with Gasteiger partial charge in [0.1, 0.15) is 17.0 Å². The van der Waals surface area contributed by atoms with Crippen molar-refractivity contribution in [2.45, 2.75) is 57.6 Å². The Balaban J connectivity index is 0.00000176. The number of carboxylic acids is 1. The molecule has 2 aromatic rings. The van der Waals surface area contributed by atoms with E-state index in [-0.39, 0.29) is 30.9 Å². The first-order valence-corrected chi connectivity index (χ1v) is 12.0. The molecule has 4 rings (SSSR count). The second kappa shape index (κ2) is 10.9. The van der Waals surface area contributed by atoms with E-state index in [1.54, 1.807) is 13.0 Å². The van der Waals surface area contributed by atoms with Crippen molar-refractivity contribution in [1.29, 1.82) is 0 Å². The van der Waals surface area contributed by atoms with Crippen molar-refractivity contribution in [2.75, 3.05) is 25.0 Å². The maximum atomic E-state index is 14.6. The molecule has 2 fully saturated rings. The Morgan fingerprint density at radius 2 is 1.67 bits per heavy atom. The van der Waals surface area contributed by atoms with E-state index in [4.69, 9.17) is 0 Å². The average Bonchev–Trinajstić information content (AvgIpc) is 3.32. The first kappa shape index (κ1) is 27.5. The van der Waals surface area contributed by atoms with Crippen molar-refractivity contribution in [1.82, 2.24) is 10.2 Å². The molecular weight excluding hydrogens is 475 g/mol. The Bertz CT molecular complexity index is 1130. The van der Waals surface area contributed by atoms with Crippen molar-refractivity contribution in [3.05, 3.63) is 58.9 Å². The molecule has 0 spiro atoms. The van der Waals surface area contributed by atoms with Crippen LogP contribution in [0.3, 0.4) is 0 Å². The second-order valence-electron chi connectivity index (χ2n) is 9.23. The second-order valence-corrected chi connectivity index (χ2v) is 9.23. The molecule has 0 aromatic heterocycles. The number of amides is 1. The van der Waals surface area contributed by atoms with Gasteiger partial charge in [-0.2, -0.15) is 0 Å². The predicted molar refractivity (Wildman–Crippen MR) is 130 cm³/mol. The molecule has 7 nitrogen and oxygen atoms in total. The van der Waals surface area contributed by atoms with E-state index in [0.29, 0.717) is 18.4 Å². The van der Waals surface area contributed by atoms with Crippen molar-refractivity contribution in [3.63, 3.8) is 0 Å². The van der Waals surface area contributed by atoms with Gasteiger partial charge >= 0.3 is 5.97 Å². The summed E-state index contributed by atoms with van der Waals surface area (Å²) in [6.45, 7) is 5.41. The summed E-state index contributed by atoms with van der Waals surface area (Å²) in [4.78, 5) is 26.0. The third-order valence-corrected chi connectivity index (χ3v) is 6.59. The summed E-state index contributed by atoms with van der Waals surface area (Å²) in [5.41, 5.74) is -2.65. The Hall–Kier alpha value is -3.11. The summed E-state index contributed by atoms with van der Waals surface area (Å²) in [6.07, 6.45) is 2.46. The van der Waals surface area contributed by atoms with Crippen LogP contribution in [-0.4, -0.2) is 57.8 Å². The number of likely N-dealkylation sites (tertiary alicyclic amines) is 1. The first-order valence-electron chi connectivity index (χ1n) is 12.0. The normalized spacial score (nSPS) is 17.6. The van der Waals surface area contributed by atoms with Crippen LogP contribution in [0.2, 0.25) is 0 Å². The number of aryl methyl sites for hydroxylation is 1. The summed E-state index contributed by atoms with van der Waals surface area (Å²) < 4.78 is 42.8. The molecule has 1 saturated carbocycles. The maximum Gasteiger partial charge on any atom is 0.323 e. The number of halogens is 3. The van der Waals surface area contributed by atoms with Crippen LogP contribution in [0.4, 0.5) is 24.5 Å². The van der Waals surface area contributed by atoms with E-state index in [1.165, 1.54) is 17.0 Å². The van der Waals surface area contributed by atoms with Gasteiger partial charge in [-0.3, -0.25) is 14.9 Å². The minimum Gasteiger partial charge on any atom is -0.480 e. The van der Waals surface area contributed by atoms with Crippen molar-refractivity contribution < 1.29 is 33.0 Å². The average molecular weight is 508 g/mol. The van der Waals surface area contributed by atoms with Gasteiger partial charge in [-0.1, -0.05) is 32.8 Å². The summed E-state index contributed by atoms with van der Waals surface area (Å²) in [7, 11) is 0. The zero-order valence-corrected chi connectivity index (χ0v) is 20.6. The highest BCUT2D eigenvalue weighted by molar-refractivity contribution is 6.01. The van der Waals surface area contributed by atoms with Crippen LogP contribution in [0.1, 0.15) is 55.5 Å². The highest BCUT2D eigenvalue weighted by Crippen LogP contribution is 2.33. The van der Waals surface area contributed by atoms with E-state index < -0.39 is 46.2 Å². The lowest BCUT2D eigenvalue weighted by molar-refractivity contribution is -0.146. The highest BCUT2D eigenvalue weighted by Gasteiger charge is 2.48. The fourth-order valence-electron chi connectivity index (χ4n) is 4.58. The van der Waals surface area contributed by atoms with Crippen molar-refractivity contribution >= 4 is 23.3 Å². The van der Waals surface area contributed by atoms with Gasteiger partial charge in [0.15, 0.2) is 11.6 Å². The van der Waals surface area contributed by atoms with E-state index in [2.05, 4.69) is 10.6 Å². The van der Waals surface area contributed by atoms with Crippen LogP contribution < -0.4 is 10.6 Å². The molecule has 4 N–H and O–H groups in total. The lowest BCUT2D eigenvalue weighted by Crippen LogP contribution is -2.69. The van der Waals surface area contributed by atoms with Crippen LogP contribution in [-0.2, 0) is 4.79 Å². The van der Waals surface area contributed by atoms with E-state index >= 15 is 0 Å². The molecule has 1 heterocycles. The number of carbonyl (C=O) groups excluding carboxylic acids is 1. The first-order chi connectivity index (χ1) is 17.0. The highest BCUT2D eigenvalue weighted by atomic mass is 19.2. The van der Waals surface area contributed by atoms with Gasteiger partial charge in [0.05, 0.1) is 30.0 Å². The molecule has 1 saturated heterocycles. The number of rotatable bonds is 7. The van der Waals surface area contributed by atoms with Gasteiger partial charge in [-0.25, -0.2) is 13.2 Å². The van der Waals surface area contributed by atoms with Crippen LogP contribution in [0.15, 0.2) is 30.3 Å². The molecule has 0 bridgehead atoms. The number of nitrogens with zero attached hydrogens (tertiary/aromatic N) is 1. The molecule has 10 heteroatoms. The number of carboxylic acid groups (broad SMARTS) is 1. The van der Waals surface area contributed by atoms with Gasteiger partial charge < -0.3 is 20.4 Å². The number of aliphatic hydroxyl groups is 1. The van der Waals surface area contributed by atoms with Gasteiger partial charge in [0.2, 0.25) is 0 Å². The van der Waals surface area contributed by atoms with Gasteiger partial charge in [0.25, 0.3) is 5.91 Å². The summed E-state index contributed by atoms with van der Waals surface area (Å²) in [5.74, 6) is -4.86. The number of hydrogen-bond acceptors (Lipinski definition) is 5. The van der Waals surface area contributed by atoms with Crippen molar-refractivity contribution in [3.8, 4) is 0 Å². The Morgan fingerprint density at radius 3 is 2.25 bits per heavy atom. The summed E-state index contributed by atoms with van der Waals surface area (Å²) in [6, 6.07) is 6.07. The lowest BCUT2D eigenvalue weighted by atomic mass is 9.90. The molecule has 0 unspecified atom stereocenters. The molecule has 2 aliphatic rings. The van der Waals surface area contributed by atoms with Crippen LogP contribution in [0.5, 0.6) is 0 Å². The zero-order chi connectivity index (χ0) is 26.7. The molecule has 2 aromatic carbocycles. The third-order valence-electron chi connectivity index (χ3n) is 6.59. The van der Waals surface area contributed by atoms with Crippen LogP contribution in [0.25, 0.3) is 0 Å². The Kier molecular flexibility index (Phi) is 8.30. The lowest BCUT2D eigenvalue weighted by Gasteiger charge is -2.47. The number of nitrogens with one attached hydrogen (secondary N) is 2. The number of hydrogen-bond donors (Lipinski definition) is 4. The topological polar surface area (TPSA) is 102 Å². The van der Waals surface area contributed by atoms with E-state index in [9.17, 15) is 33.0 Å². The van der Waals surface area contributed by atoms with Crippen LogP contribution >= 0.6 is 0 Å². The molecule has 36 heavy (non-hydrogen) atoms. The molecule has 196 valence electrons. The third kappa shape index (κ3) is 5.49. The maximum absolute atomic E-state index is 14.6. The van der Waals surface area contributed by atoms with Gasteiger partial charge in [-0.15, -0.1) is 0 Å². The molecule has 1 aliphatic carbocycles. The summed E-state index contributed by atoms with van der Waals surface area (Å²) >= 11 is 0. The van der Waals surface area contributed by atoms with Crippen LogP contribution in [0, 0.1) is 24.4 Å². The number of benzene rings is 2. The predicted octanol–water partition coefficient (Wildman–Crippen LogP) is 4.36. The molecule has 0 radical (unpaired) electrons. The monoisotopic (exact) mass is 507 g/mol. The fourth-order valence-corrected chi connectivity index (χ4v) is 4.58. The minimum atomic E-state index is -1.35. The van der Waals surface area contributed by atoms with Crippen molar-refractivity contribution in [2.24, 2.45) is 0 Å². The zero-order valence-electron chi connectivity index (χ0n) is 20.6. The summed E-state index contributed by atoms with van der Waals surface area (Å²) in [5, 5.41) is 25.8. The van der Waals surface area contributed by atoms with E-state index in [0.717, 1.165) is 25.0 Å². The number of carbonyl (C=O) groups is 2. The Morgan fingerprint density at radius 1 is 1.03 bits per heavy atom. The molecule has 1 amide bonds. The van der Waals surface area contributed by atoms with E-state index in [1.807, 2.05) is 13.8 Å². The number of β-amino-alcohol motifs (C(OH)–C–C–N with tert-alkyl or cyclic N) is 1.